The molecule has 2 saturated heterocycles. The third kappa shape index (κ3) is 3.36. The van der Waals surface area contributed by atoms with Crippen LogP contribution in [0.3, 0.4) is 0 Å². The number of nitrogens with zero attached hydrogens (tertiary/aromatic N) is 3. The highest BCUT2D eigenvalue weighted by atomic mass is 32.2. The van der Waals surface area contributed by atoms with Crippen molar-refractivity contribution in [1.82, 2.24) is 9.80 Å². The Balaban J connectivity index is 1.77. The molecule has 1 amide bonds. The second-order valence-corrected chi connectivity index (χ2v) is 5.82. The van der Waals surface area contributed by atoms with E-state index in [-0.39, 0.29) is 12.3 Å². The van der Waals surface area contributed by atoms with Gasteiger partial charge < -0.3 is 4.90 Å². The minimum Gasteiger partial charge on any atom is -0.342 e. The first-order valence-corrected chi connectivity index (χ1v) is 7.43. The van der Waals surface area contributed by atoms with E-state index in [1.165, 1.54) is 24.6 Å². The van der Waals surface area contributed by atoms with Crippen molar-refractivity contribution in [1.29, 1.82) is 5.26 Å². The number of hydrogen-bond acceptors (Lipinski definition) is 4. The van der Waals surface area contributed by atoms with Gasteiger partial charge >= 0.3 is 0 Å². The summed E-state index contributed by atoms with van der Waals surface area (Å²) >= 11 is 2.03. The first-order valence-electron chi connectivity index (χ1n) is 6.28. The minimum absolute atomic E-state index is 0.000139. The predicted molar refractivity (Wildman–Crippen MR) is 68.7 cm³/mol. The van der Waals surface area contributed by atoms with Gasteiger partial charge in [0.1, 0.15) is 6.42 Å². The smallest absolute Gasteiger partial charge is 0.236 e. The molecular formula is C12H19N3OS. The summed E-state index contributed by atoms with van der Waals surface area (Å²) in [6.45, 7) is 4.05. The molecule has 0 aliphatic carbocycles. The lowest BCUT2D eigenvalue weighted by Crippen LogP contribution is -2.49. The van der Waals surface area contributed by atoms with Gasteiger partial charge in [-0.25, -0.2) is 0 Å². The van der Waals surface area contributed by atoms with Gasteiger partial charge in [-0.1, -0.05) is 0 Å². The lowest BCUT2D eigenvalue weighted by molar-refractivity contribution is -0.131. The minimum atomic E-state index is 0.000139. The molecule has 2 heterocycles. The summed E-state index contributed by atoms with van der Waals surface area (Å²) in [6, 6.07) is 2.59. The van der Waals surface area contributed by atoms with E-state index in [4.69, 9.17) is 5.26 Å². The van der Waals surface area contributed by atoms with Crippen LogP contribution in [0.5, 0.6) is 0 Å². The van der Waals surface area contributed by atoms with Crippen LogP contribution in [0.2, 0.25) is 0 Å². The van der Waals surface area contributed by atoms with Crippen LogP contribution in [0.4, 0.5) is 0 Å². The van der Waals surface area contributed by atoms with Crippen molar-refractivity contribution in [3.8, 4) is 6.07 Å². The largest absolute Gasteiger partial charge is 0.342 e. The highest BCUT2D eigenvalue weighted by Gasteiger charge is 2.27. The Morgan fingerprint density at radius 3 is 2.47 bits per heavy atom. The molecule has 2 aliphatic heterocycles. The molecule has 0 aromatic rings. The van der Waals surface area contributed by atoms with Crippen molar-refractivity contribution in [3.63, 3.8) is 0 Å². The third-order valence-corrected chi connectivity index (χ3v) is 4.55. The fraction of sp³-hybridized carbons (Fsp3) is 0.833. The van der Waals surface area contributed by atoms with Gasteiger partial charge in [-0.15, -0.1) is 0 Å². The normalized spacial score (nSPS) is 23.4. The number of thioether (sulfide) groups is 1. The third-order valence-electron chi connectivity index (χ3n) is 3.61. The van der Waals surface area contributed by atoms with Gasteiger partial charge in [0.15, 0.2) is 0 Å². The zero-order valence-corrected chi connectivity index (χ0v) is 10.9. The molecule has 17 heavy (non-hydrogen) atoms. The summed E-state index contributed by atoms with van der Waals surface area (Å²) in [6.07, 6.45) is 2.18. The second-order valence-electron chi connectivity index (χ2n) is 4.60. The second kappa shape index (κ2) is 6.27. The van der Waals surface area contributed by atoms with Crippen LogP contribution < -0.4 is 0 Å². The molecule has 2 fully saturated rings. The monoisotopic (exact) mass is 253 g/mol. The molecule has 2 aliphatic rings. The topological polar surface area (TPSA) is 47.3 Å². The van der Waals surface area contributed by atoms with Crippen LogP contribution >= 0.6 is 11.8 Å². The zero-order valence-electron chi connectivity index (χ0n) is 10.1. The van der Waals surface area contributed by atoms with Gasteiger partial charge in [0, 0.05) is 43.7 Å². The Labute approximate surface area is 107 Å². The Hall–Kier alpha value is -0.730. The molecule has 4 nitrogen and oxygen atoms in total. The van der Waals surface area contributed by atoms with E-state index in [0.29, 0.717) is 6.04 Å². The molecule has 0 aromatic carbocycles. The van der Waals surface area contributed by atoms with E-state index in [2.05, 4.69) is 4.90 Å². The summed E-state index contributed by atoms with van der Waals surface area (Å²) < 4.78 is 0. The van der Waals surface area contributed by atoms with Crippen LogP contribution in [0.1, 0.15) is 19.3 Å². The highest BCUT2D eigenvalue weighted by molar-refractivity contribution is 7.99. The van der Waals surface area contributed by atoms with Gasteiger partial charge in [0.2, 0.25) is 5.91 Å². The molecule has 0 aromatic heterocycles. The van der Waals surface area contributed by atoms with Crippen LogP contribution in [0.25, 0.3) is 0 Å². The van der Waals surface area contributed by atoms with Crippen LogP contribution in [-0.2, 0) is 4.79 Å². The van der Waals surface area contributed by atoms with Crippen molar-refractivity contribution < 1.29 is 4.79 Å². The van der Waals surface area contributed by atoms with Crippen LogP contribution in [0, 0.1) is 11.3 Å². The average molecular weight is 253 g/mol. The maximum atomic E-state index is 11.6. The number of amides is 1. The number of carbonyl (C=O) groups is 1. The molecule has 5 heteroatoms. The fourth-order valence-corrected chi connectivity index (χ4v) is 3.53. The van der Waals surface area contributed by atoms with Crippen LogP contribution in [-0.4, -0.2) is 59.4 Å². The number of piperidine rings is 1. The molecule has 0 atom stereocenters. The predicted octanol–water partition coefficient (Wildman–Crippen LogP) is 0.940. The summed E-state index contributed by atoms with van der Waals surface area (Å²) in [4.78, 5) is 16.0. The Morgan fingerprint density at radius 1 is 1.24 bits per heavy atom. The SMILES string of the molecule is N#CCC(=O)N1CCC(N2CCSCC2)CC1. The number of rotatable bonds is 2. The summed E-state index contributed by atoms with van der Waals surface area (Å²) in [5.74, 6) is 2.49. The number of carbonyl (C=O) groups excluding carboxylic acids is 1. The van der Waals surface area contributed by atoms with Crippen molar-refractivity contribution in [3.05, 3.63) is 0 Å². The number of likely N-dealkylation sites (tertiary alicyclic amines) is 1. The quantitative estimate of drug-likeness (QED) is 0.735. The first kappa shape index (κ1) is 12.7. The van der Waals surface area contributed by atoms with E-state index in [0.717, 1.165) is 25.9 Å². The summed E-state index contributed by atoms with van der Waals surface area (Å²) in [7, 11) is 0. The summed E-state index contributed by atoms with van der Waals surface area (Å²) in [5.41, 5.74) is 0. The average Bonchev–Trinajstić information content (AvgIpc) is 2.40. The van der Waals surface area contributed by atoms with Crippen LogP contribution in [0.15, 0.2) is 0 Å². The molecule has 0 bridgehead atoms. The van der Waals surface area contributed by atoms with E-state index in [9.17, 15) is 4.79 Å². The number of hydrogen-bond donors (Lipinski definition) is 0. The maximum absolute atomic E-state index is 11.6. The van der Waals surface area contributed by atoms with E-state index in [1.807, 2.05) is 22.7 Å². The molecule has 2 rings (SSSR count). The van der Waals surface area contributed by atoms with Crippen molar-refractivity contribution in [2.75, 3.05) is 37.7 Å². The standard InChI is InChI=1S/C12H19N3OS/c13-4-1-12(16)15-5-2-11(3-6-15)14-7-9-17-10-8-14/h11H,1-3,5-10H2. The van der Waals surface area contributed by atoms with Gasteiger partial charge in [-0.2, -0.15) is 17.0 Å². The van der Waals surface area contributed by atoms with E-state index < -0.39 is 0 Å². The van der Waals surface area contributed by atoms with E-state index in [1.54, 1.807) is 0 Å². The maximum Gasteiger partial charge on any atom is 0.236 e. The lowest BCUT2D eigenvalue weighted by Gasteiger charge is -2.39. The number of nitriles is 1. The van der Waals surface area contributed by atoms with Crippen molar-refractivity contribution >= 4 is 17.7 Å². The van der Waals surface area contributed by atoms with Gasteiger partial charge in [-0.05, 0) is 12.8 Å². The molecule has 0 radical (unpaired) electrons. The van der Waals surface area contributed by atoms with E-state index >= 15 is 0 Å². The molecule has 0 unspecified atom stereocenters. The molecule has 94 valence electrons. The van der Waals surface area contributed by atoms with Crippen molar-refractivity contribution in [2.45, 2.75) is 25.3 Å². The van der Waals surface area contributed by atoms with Gasteiger partial charge in [0.25, 0.3) is 0 Å². The Bertz CT molecular complexity index is 301. The fourth-order valence-electron chi connectivity index (χ4n) is 2.60. The van der Waals surface area contributed by atoms with Crippen molar-refractivity contribution in [2.24, 2.45) is 0 Å². The Morgan fingerprint density at radius 2 is 1.88 bits per heavy atom. The zero-order chi connectivity index (χ0) is 12.1. The summed E-state index contributed by atoms with van der Waals surface area (Å²) in [5, 5.41) is 8.52. The molecule has 0 spiro atoms. The highest BCUT2D eigenvalue weighted by Crippen LogP contribution is 2.20. The van der Waals surface area contributed by atoms with Gasteiger partial charge in [-0.3, -0.25) is 9.69 Å². The van der Waals surface area contributed by atoms with Gasteiger partial charge in [0.05, 0.1) is 6.07 Å². The molecule has 0 saturated carbocycles. The first-order chi connectivity index (χ1) is 8.31. The Kier molecular flexibility index (Phi) is 4.69. The molecular weight excluding hydrogens is 234 g/mol. The lowest BCUT2D eigenvalue weighted by atomic mass is 10.0. The molecule has 0 N–H and O–H groups in total.